The van der Waals surface area contributed by atoms with Gasteiger partial charge in [0.25, 0.3) is 5.56 Å². The van der Waals surface area contributed by atoms with Gasteiger partial charge >= 0.3 is 5.97 Å². The van der Waals surface area contributed by atoms with Crippen LogP contribution in [0.2, 0.25) is 0 Å². The van der Waals surface area contributed by atoms with Crippen LogP contribution >= 0.6 is 0 Å². The van der Waals surface area contributed by atoms with Gasteiger partial charge in [0.2, 0.25) is 0 Å². The fourth-order valence-corrected chi connectivity index (χ4v) is 3.26. The van der Waals surface area contributed by atoms with Crippen molar-refractivity contribution in [3.63, 3.8) is 0 Å². The highest BCUT2D eigenvalue weighted by molar-refractivity contribution is 5.87. The summed E-state index contributed by atoms with van der Waals surface area (Å²) in [6, 6.07) is 16.4. The van der Waals surface area contributed by atoms with E-state index in [1.807, 2.05) is 30.3 Å². The number of nitrogens with one attached hydrogen (secondary N) is 1. The van der Waals surface area contributed by atoms with Crippen LogP contribution in [0.3, 0.4) is 0 Å². The summed E-state index contributed by atoms with van der Waals surface area (Å²) in [5.41, 5.74) is 3.28. The van der Waals surface area contributed by atoms with Crippen molar-refractivity contribution in [3.05, 3.63) is 93.7 Å². The zero-order valence-electron chi connectivity index (χ0n) is 15.6. The van der Waals surface area contributed by atoms with Crippen LogP contribution in [0.15, 0.2) is 65.7 Å². The molecule has 1 aliphatic rings. The summed E-state index contributed by atoms with van der Waals surface area (Å²) >= 11 is 0. The van der Waals surface area contributed by atoms with Crippen LogP contribution in [0.25, 0.3) is 0 Å². The Morgan fingerprint density at radius 1 is 1.14 bits per heavy atom. The molecule has 0 fully saturated rings. The Labute approximate surface area is 167 Å². The minimum atomic E-state index is -0.975. The monoisotopic (exact) mass is 385 g/mol. The largest absolute Gasteiger partial charge is 0.478 e. The normalized spacial score (nSPS) is 14.4. The van der Waals surface area contributed by atoms with Crippen LogP contribution in [0.4, 0.5) is 5.69 Å². The molecule has 1 atom stereocenters. The van der Waals surface area contributed by atoms with Gasteiger partial charge in [-0.3, -0.25) is 9.36 Å². The molecule has 1 unspecified atom stereocenters. The lowest BCUT2D eigenvalue weighted by Gasteiger charge is -2.08. The highest BCUT2D eigenvalue weighted by Crippen LogP contribution is 2.19. The Balaban J connectivity index is 1.46. The predicted octanol–water partition coefficient (Wildman–Crippen LogP) is 2.57. The Morgan fingerprint density at radius 2 is 1.90 bits per heavy atom. The molecular formula is C23H19N3O3. The van der Waals surface area contributed by atoms with Gasteiger partial charge in [-0.25, -0.2) is 9.78 Å². The topological polar surface area (TPSA) is 84.2 Å². The molecule has 0 radical (unpaired) electrons. The highest BCUT2D eigenvalue weighted by atomic mass is 16.4. The molecule has 6 heteroatoms. The lowest BCUT2D eigenvalue weighted by atomic mass is 10.1. The molecule has 144 valence electrons. The van der Waals surface area contributed by atoms with Crippen molar-refractivity contribution in [1.29, 1.82) is 0 Å². The van der Waals surface area contributed by atoms with E-state index in [2.05, 4.69) is 22.1 Å². The van der Waals surface area contributed by atoms with Crippen LogP contribution in [0.1, 0.15) is 27.2 Å². The summed E-state index contributed by atoms with van der Waals surface area (Å²) in [5.74, 6) is 5.38. The maximum atomic E-state index is 12.8. The van der Waals surface area contributed by atoms with Crippen LogP contribution in [0, 0.1) is 11.8 Å². The number of fused-ring (bicyclic) bond motifs is 1. The average molecular weight is 385 g/mol. The highest BCUT2D eigenvalue weighted by Gasteiger charge is 2.24. The molecule has 0 bridgehead atoms. The smallest absolute Gasteiger partial charge is 0.335 e. The number of carboxylic acid groups (broad SMARTS) is 1. The van der Waals surface area contributed by atoms with Gasteiger partial charge < -0.3 is 10.4 Å². The van der Waals surface area contributed by atoms with Gasteiger partial charge in [-0.05, 0) is 23.3 Å². The van der Waals surface area contributed by atoms with Crippen molar-refractivity contribution < 1.29 is 9.90 Å². The molecule has 2 N–H and O–H groups in total. The van der Waals surface area contributed by atoms with Crippen molar-refractivity contribution in [1.82, 2.24) is 9.55 Å². The second-order valence-electron chi connectivity index (χ2n) is 6.89. The first-order valence-electron chi connectivity index (χ1n) is 9.29. The van der Waals surface area contributed by atoms with Crippen molar-refractivity contribution in [2.24, 2.45) is 0 Å². The molecule has 0 spiro atoms. The number of carbonyl (C=O) groups is 1. The number of nitrogens with zero attached hydrogens (tertiary/aromatic N) is 2. The Bertz CT molecular complexity index is 1160. The molecule has 2 heterocycles. The summed E-state index contributed by atoms with van der Waals surface area (Å²) in [6.45, 7) is 0.324. The molecular weight excluding hydrogens is 366 g/mol. The minimum absolute atomic E-state index is 0.125. The van der Waals surface area contributed by atoms with Crippen molar-refractivity contribution in [2.45, 2.75) is 25.4 Å². The van der Waals surface area contributed by atoms with E-state index in [9.17, 15) is 9.59 Å². The number of aromatic carboxylic acids is 1. The quantitative estimate of drug-likeness (QED) is 0.675. The molecule has 0 aliphatic carbocycles. The second kappa shape index (κ2) is 8.03. The third kappa shape index (κ3) is 4.19. The van der Waals surface area contributed by atoms with Crippen molar-refractivity contribution >= 4 is 11.7 Å². The number of rotatable bonds is 4. The van der Waals surface area contributed by atoms with E-state index in [0.717, 1.165) is 16.8 Å². The average Bonchev–Trinajstić information content (AvgIpc) is 3.15. The number of hydrogen-bond acceptors (Lipinski definition) is 4. The maximum Gasteiger partial charge on any atom is 0.335 e. The van der Waals surface area contributed by atoms with Gasteiger partial charge in [0, 0.05) is 12.8 Å². The van der Waals surface area contributed by atoms with E-state index >= 15 is 0 Å². The van der Waals surface area contributed by atoms with Gasteiger partial charge in [-0.2, -0.15) is 0 Å². The number of carboxylic acids is 1. The van der Waals surface area contributed by atoms with Gasteiger partial charge in [0.15, 0.2) is 0 Å². The summed E-state index contributed by atoms with van der Waals surface area (Å²) in [7, 11) is 0. The maximum absolute atomic E-state index is 12.8. The first kappa shape index (κ1) is 18.5. The fraction of sp³-hybridized carbons (Fsp3) is 0.174. The van der Waals surface area contributed by atoms with Crippen LogP contribution in [-0.4, -0.2) is 26.7 Å². The molecule has 0 saturated heterocycles. The number of hydrogen-bond donors (Lipinski definition) is 2. The zero-order valence-corrected chi connectivity index (χ0v) is 15.6. The second-order valence-corrected chi connectivity index (χ2v) is 6.89. The van der Waals surface area contributed by atoms with Crippen molar-refractivity contribution in [2.75, 3.05) is 5.32 Å². The minimum Gasteiger partial charge on any atom is -0.478 e. The number of anilines is 1. The third-order valence-electron chi connectivity index (χ3n) is 4.80. The molecule has 0 amide bonds. The summed E-state index contributed by atoms with van der Waals surface area (Å²) in [6.07, 6.45) is 2.80. The van der Waals surface area contributed by atoms with E-state index in [0.29, 0.717) is 25.1 Å². The molecule has 6 nitrogen and oxygen atoms in total. The van der Waals surface area contributed by atoms with Gasteiger partial charge in [-0.1, -0.05) is 54.3 Å². The van der Waals surface area contributed by atoms with Gasteiger partial charge in [0.05, 0.1) is 30.2 Å². The number of aromatic nitrogens is 2. The van der Waals surface area contributed by atoms with E-state index in [4.69, 9.17) is 5.11 Å². The van der Waals surface area contributed by atoms with Crippen LogP contribution in [0.5, 0.6) is 0 Å². The predicted molar refractivity (Wildman–Crippen MR) is 110 cm³/mol. The lowest BCUT2D eigenvalue weighted by molar-refractivity contribution is 0.0697. The summed E-state index contributed by atoms with van der Waals surface area (Å²) < 4.78 is 1.52. The first-order chi connectivity index (χ1) is 14.1. The van der Waals surface area contributed by atoms with E-state index in [-0.39, 0.29) is 17.2 Å². The van der Waals surface area contributed by atoms with Gasteiger partial charge in [0.1, 0.15) is 5.69 Å². The molecule has 29 heavy (non-hydrogen) atoms. The van der Waals surface area contributed by atoms with Crippen molar-refractivity contribution in [3.8, 4) is 11.8 Å². The molecule has 1 aliphatic heterocycles. The van der Waals surface area contributed by atoms with Gasteiger partial charge in [-0.15, -0.1) is 0 Å². The third-order valence-corrected chi connectivity index (χ3v) is 4.80. The van der Waals surface area contributed by atoms with Crippen LogP contribution < -0.4 is 10.9 Å². The number of benzene rings is 2. The molecule has 0 saturated carbocycles. The standard InChI is InChI=1S/C23H19N3O3/c27-22-21-20(13-19(25-21)8-4-7-16-5-2-1-3-6-16)24-15-26(22)14-17-9-11-18(12-10-17)23(28)29/h1-3,5-6,9-12,15,19,25H,7,13-14H2,(H,28,29). The van der Waals surface area contributed by atoms with E-state index in [1.54, 1.807) is 12.1 Å². The SMILES string of the molecule is O=C(O)c1ccc(Cn2cnc3c(c2=O)NC(C#CCc2ccccc2)C3)cc1. The molecule has 4 rings (SSSR count). The summed E-state index contributed by atoms with van der Waals surface area (Å²) in [5, 5.41) is 12.2. The Hall–Kier alpha value is -3.85. The molecule has 3 aromatic rings. The van der Waals surface area contributed by atoms with E-state index < -0.39 is 5.97 Å². The summed E-state index contributed by atoms with van der Waals surface area (Å²) in [4.78, 5) is 28.2. The Morgan fingerprint density at radius 3 is 2.62 bits per heavy atom. The lowest BCUT2D eigenvalue weighted by Crippen LogP contribution is -2.24. The molecule has 1 aromatic heterocycles. The van der Waals surface area contributed by atoms with Crippen LogP contribution in [-0.2, 0) is 19.4 Å². The molecule has 2 aromatic carbocycles. The zero-order chi connectivity index (χ0) is 20.2. The Kier molecular flexibility index (Phi) is 5.12. The first-order valence-corrected chi connectivity index (χ1v) is 9.29. The van der Waals surface area contributed by atoms with E-state index in [1.165, 1.54) is 23.0 Å². The fourth-order valence-electron chi connectivity index (χ4n) is 3.26.